The summed E-state index contributed by atoms with van der Waals surface area (Å²) in [5, 5.41) is 0. The molecule has 1 heterocycles. The van der Waals surface area contributed by atoms with Gasteiger partial charge in [-0.25, -0.2) is 4.98 Å². The first-order chi connectivity index (χ1) is 8.29. The van der Waals surface area contributed by atoms with E-state index < -0.39 is 0 Å². The van der Waals surface area contributed by atoms with Crippen molar-refractivity contribution in [3.8, 4) is 11.6 Å². The first kappa shape index (κ1) is 11.5. The molecule has 0 aliphatic rings. The minimum Gasteiger partial charge on any atom is -0.497 e. The molecule has 0 spiro atoms. The highest BCUT2D eigenvalue weighted by Gasteiger charge is 2.07. The van der Waals surface area contributed by atoms with Gasteiger partial charge < -0.3 is 9.47 Å². The van der Waals surface area contributed by atoms with Gasteiger partial charge in [0.05, 0.1) is 7.11 Å². The molecule has 17 heavy (non-hydrogen) atoms. The minimum absolute atomic E-state index is 0.0317. The van der Waals surface area contributed by atoms with Gasteiger partial charge >= 0.3 is 0 Å². The minimum atomic E-state index is -0.0317. The normalized spacial score (nSPS) is 11.9. The molecule has 1 aromatic heterocycles. The van der Waals surface area contributed by atoms with Gasteiger partial charge in [-0.3, -0.25) is 0 Å². The van der Waals surface area contributed by atoms with Gasteiger partial charge in [-0.2, -0.15) is 0 Å². The smallest absolute Gasteiger partial charge is 0.213 e. The van der Waals surface area contributed by atoms with E-state index in [1.165, 1.54) is 0 Å². The van der Waals surface area contributed by atoms with Crippen LogP contribution in [0.2, 0.25) is 0 Å². The molecule has 0 aliphatic heterocycles. The van der Waals surface area contributed by atoms with Crippen molar-refractivity contribution in [3.63, 3.8) is 0 Å². The molecule has 0 saturated heterocycles. The summed E-state index contributed by atoms with van der Waals surface area (Å²) in [5.41, 5.74) is 1.09. The molecule has 88 valence electrons. The maximum Gasteiger partial charge on any atom is 0.213 e. The second kappa shape index (κ2) is 5.34. The Hall–Kier alpha value is -2.03. The van der Waals surface area contributed by atoms with Crippen LogP contribution in [0.15, 0.2) is 48.7 Å². The lowest BCUT2D eigenvalue weighted by Gasteiger charge is -2.14. The van der Waals surface area contributed by atoms with Crippen molar-refractivity contribution < 1.29 is 9.47 Å². The lowest BCUT2D eigenvalue weighted by molar-refractivity contribution is 0.217. The maximum atomic E-state index is 5.72. The van der Waals surface area contributed by atoms with Crippen LogP contribution < -0.4 is 9.47 Å². The van der Waals surface area contributed by atoms with Gasteiger partial charge in [-0.15, -0.1) is 0 Å². The predicted molar refractivity (Wildman–Crippen MR) is 66.3 cm³/mol. The van der Waals surface area contributed by atoms with Crippen molar-refractivity contribution >= 4 is 0 Å². The fraction of sp³-hybridized carbons (Fsp3) is 0.214. The van der Waals surface area contributed by atoms with Gasteiger partial charge in [0.1, 0.15) is 11.9 Å². The Balaban J connectivity index is 2.06. The standard InChI is InChI=1S/C14H15NO2/c1-11(17-14-5-3-4-10-15-14)12-6-8-13(16-2)9-7-12/h3-11H,1-2H3. The number of benzene rings is 1. The van der Waals surface area contributed by atoms with Crippen molar-refractivity contribution in [1.82, 2.24) is 4.98 Å². The van der Waals surface area contributed by atoms with Gasteiger partial charge in [0.25, 0.3) is 0 Å². The SMILES string of the molecule is COc1ccc(C(C)Oc2ccccn2)cc1. The zero-order valence-corrected chi connectivity index (χ0v) is 9.96. The number of methoxy groups -OCH3 is 1. The first-order valence-electron chi connectivity index (χ1n) is 5.51. The summed E-state index contributed by atoms with van der Waals surface area (Å²) >= 11 is 0. The molecule has 0 fully saturated rings. The summed E-state index contributed by atoms with van der Waals surface area (Å²) in [6.45, 7) is 2.00. The third-order valence-corrected chi connectivity index (χ3v) is 2.52. The second-order valence-electron chi connectivity index (χ2n) is 3.70. The number of pyridine rings is 1. The van der Waals surface area contributed by atoms with Crippen LogP contribution in [0.25, 0.3) is 0 Å². The average Bonchev–Trinajstić information content (AvgIpc) is 2.40. The largest absolute Gasteiger partial charge is 0.497 e. The van der Waals surface area contributed by atoms with Crippen molar-refractivity contribution in [2.24, 2.45) is 0 Å². The van der Waals surface area contributed by atoms with E-state index in [1.807, 2.05) is 49.4 Å². The Kier molecular flexibility index (Phi) is 3.60. The molecule has 1 unspecified atom stereocenters. The molecular formula is C14H15NO2. The van der Waals surface area contributed by atoms with Gasteiger partial charge in [0, 0.05) is 12.3 Å². The number of hydrogen-bond acceptors (Lipinski definition) is 3. The molecule has 0 saturated carbocycles. The first-order valence-corrected chi connectivity index (χ1v) is 5.51. The van der Waals surface area contributed by atoms with Crippen LogP contribution in [0.1, 0.15) is 18.6 Å². The molecular weight excluding hydrogens is 214 g/mol. The molecule has 0 radical (unpaired) electrons. The van der Waals surface area contributed by atoms with Gasteiger partial charge in [-0.05, 0) is 30.7 Å². The molecule has 0 bridgehead atoms. The molecule has 1 aromatic carbocycles. The van der Waals surface area contributed by atoms with Crippen LogP contribution in [0.5, 0.6) is 11.6 Å². The molecule has 1 atom stereocenters. The fourth-order valence-electron chi connectivity index (χ4n) is 1.54. The Bertz CT molecular complexity index is 453. The van der Waals surface area contributed by atoms with E-state index in [0.717, 1.165) is 11.3 Å². The molecule has 3 heteroatoms. The van der Waals surface area contributed by atoms with E-state index in [-0.39, 0.29) is 6.10 Å². The van der Waals surface area contributed by atoms with Crippen molar-refractivity contribution in [2.75, 3.05) is 7.11 Å². The highest BCUT2D eigenvalue weighted by Crippen LogP contribution is 2.21. The molecule has 0 aliphatic carbocycles. The topological polar surface area (TPSA) is 31.4 Å². The fourth-order valence-corrected chi connectivity index (χ4v) is 1.54. The van der Waals surface area contributed by atoms with Gasteiger partial charge in [-0.1, -0.05) is 18.2 Å². The van der Waals surface area contributed by atoms with Gasteiger partial charge in [0.15, 0.2) is 0 Å². The van der Waals surface area contributed by atoms with E-state index in [0.29, 0.717) is 5.88 Å². The zero-order valence-electron chi connectivity index (χ0n) is 9.96. The quantitative estimate of drug-likeness (QED) is 0.806. The number of ether oxygens (including phenoxy) is 2. The second-order valence-corrected chi connectivity index (χ2v) is 3.70. The monoisotopic (exact) mass is 229 g/mol. The van der Waals surface area contributed by atoms with Crippen molar-refractivity contribution in [3.05, 3.63) is 54.2 Å². The summed E-state index contributed by atoms with van der Waals surface area (Å²) in [7, 11) is 1.66. The molecule has 0 N–H and O–H groups in total. The highest BCUT2D eigenvalue weighted by atomic mass is 16.5. The predicted octanol–water partition coefficient (Wildman–Crippen LogP) is 3.23. The zero-order chi connectivity index (χ0) is 12.1. The molecule has 2 aromatic rings. The number of aromatic nitrogens is 1. The van der Waals surface area contributed by atoms with Crippen LogP contribution in [0.4, 0.5) is 0 Å². The van der Waals surface area contributed by atoms with Crippen LogP contribution >= 0.6 is 0 Å². The number of hydrogen-bond donors (Lipinski definition) is 0. The number of rotatable bonds is 4. The molecule has 2 rings (SSSR count). The van der Waals surface area contributed by atoms with Crippen molar-refractivity contribution in [2.45, 2.75) is 13.0 Å². The van der Waals surface area contributed by atoms with E-state index >= 15 is 0 Å². The van der Waals surface area contributed by atoms with E-state index in [1.54, 1.807) is 13.3 Å². The summed E-state index contributed by atoms with van der Waals surface area (Å²) in [6.07, 6.45) is 1.69. The summed E-state index contributed by atoms with van der Waals surface area (Å²) in [6, 6.07) is 13.5. The third kappa shape index (κ3) is 2.97. The lowest BCUT2D eigenvalue weighted by atomic mass is 10.1. The van der Waals surface area contributed by atoms with E-state index in [9.17, 15) is 0 Å². The van der Waals surface area contributed by atoms with Crippen molar-refractivity contribution in [1.29, 1.82) is 0 Å². The average molecular weight is 229 g/mol. The number of nitrogens with zero attached hydrogens (tertiary/aromatic N) is 1. The summed E-state index contributed by atoms with van der Waals surface area (Å²) < 4.78 is 10.8. The Morgan fingerprint density at radius 1 is 1.06 bits per heavy atom. The highest BCUT2D eigenvalue weighted by molar-refractivity contribution is 5.28. The van der Waals surface area contributed by atoms with Crippen LogP contribution in [-0.4, -0.2) is 12.1 Å². The van der Waals surface area contributed by atoms with Gasteiger partial charge in [0.2, 0.25) is 5.88 Å². The molecule has 0 amide bonds. The molecule has 3 nitrogen and oxygen atoms in total. The van der Waals surface area contributed by atoms with E-state index in [2.05, 4.69) is 4.98 Å². The Morgan fingerprint density at radius 3 is 2.41 bits per heavy atom. The maximum absolute atomic E-state index is 5.72. The van der Waals surface area contributed by atoms with Crippen LogP contribution in [0, 0.1) is 0 Å². The van der Waals surface area contributed by atoms with Crippen LogP contribution in [0.3, 0.4) is 0 Å². The Labute approximate surface area is 101 Å². The third-order valence-electron chi connectivity index (χ3n) is 2.52. The van der Waals surface area contributed by atoms with E-state index in [4.69, 9.17) is 9.47 Å². The Morgan fingerprint density at radius 2 is 1.82 bits per heavy atom. The summed E-state index contributed by atoms with van der Waals surface area (Å²) in [5.74, 6) is 1.48. The lowest BCUT2D eigenvalue weighted by Crippen LogP contribution is -2.03. The van der Waals surface area contributed by atoms with Crippen LogP contribution in [-0.2, 0) is 0 Å². The summed E-state index contributed by atoms with van der Waals surface area (Å²) in [4.78, 5) is 4.13.